The van der Waals surface area contributed by atoms with E-state index in [0.29, 0.717) is 27.2 Å². The van der Waals surface area contributed by atoms with Crippen LogP contribution in [0, 0.1) is 6.92 Å². The fourth-order valence-corrected chi connectivity index (χ4v) is 2.91. The predicted octanol–water partition coefficient (Wildman–Crippen LogP) is 2.52. The van der Waals surface area contributed by atoms with Crippen molar-refractivity contribution in [3.8, 4) is 0 Å². The van der Waals surface area contributed by atoms with Crippen molar-refractivity contribution in [1.29, 1.82) is 0 Å². The highest BCUT2D eigenvalue weighted by Gasteiger charge is 2.20. The number of hydrogen-bond donors (Lipinski definition) is 0. The third-order valence-corrected chi connectivity index (χ3v) is 3.95. The number of thiophene rings is 1. The van der Waals surface area contributed by atoms with E-state index >= 15 is 0 Å². The molecule has 106 valence electrons. The number of allylic oxidation sites excluding steroid dienone is 1. The molecule has 0 aliphatic heterocycles. The van der Waals surface area contributed by atoms with Crippen molar-refractivity contribution in [2.45, 2.75) is 33.4 Å². The molecule has 0 atom stereocenters. The number of rotatable bonds is 4. The van der Waals surface area contributed by atoms with Gasteiger partial charge >= 0.3 is 5.97 Å². The first-order valence-electron chi connectivity index (χ1n) is 6.26. The highest BCUT2D eigenvalue weighted by molar-refractivity contribution is 7.20. The number of ether oxygens (including phenoxy) is 1. The Morgan fingerprint density at radius 2 is 2.30 bits per heavy atom. The summed E-state index contributed by atoms with van der Waals surface area (Å²) in [6.45, 7) is 9.32. The maximum Gasteiger partial charge on any atom is 0.348 e. The van der Waals surface area contributed by atoms with Crippen LogP contribution in [0.2, 0.25) is 0 Å². The van der Waals surface area contributed by atoms with Crippen LogP contribution in [0.3, 0.4) is 0 Å². The molecule has 0 amide bonds. The lowest BCUT2D eigenvalue weighted by molar-refractivity contribution is 0.0383. The summed E-state index contributed by atoms with van der Waals surface area (Å²) >= 11 is 1.19. The average Bonchev–Trinajstić information content (AvgIpc) is 2.70. The van der Waals surface area contributed by atoms with Gasteiger partial charge in [-0.05, 0) is 26.3 Å². The van der Waals surface area contributed by atoms with E-state index in [1.54, 1.807) is 26.8 Å². The lowest BCUT2D eigenvalue weighted by atomic mass is 10.2. The maximum atomic E-state index is 12.3. The normalized spacial score (nSPS) is 11.0. The molecule has 0 saturated carbocycles. The second-order valence-electron chi connectivity index (χ2n) is 4.68. The first-order valence-corrected chi connectivity index (χ1v) is 7.07. The highest BCUT2D eigenvalue weighted by Crippen LogP contribution is 2.27. The Labute approximate surface area is 120 Å². The van der Waals surface area contributed by atoms with Gasteiger partial charge in [-0.25, -0.2) is 9.78 Å². The fourth-order valence-electron chi connectivity index (χ4n) is 1.89. The van der Waals surface area contributed by atoms with Crippen molar-refractivity contribution in [1.82, 2.24) is 9.55 Å². The minimum absolute atomic E-state index is 0.160. The molecule has 2 aromatic rings. The van der Waals surface area contributed by atoms with Crippen LogP contribution in [0.4, 0.5) is 0 Å². The Hall–Kier alpha value is -1.95. The SMILES string of the molecule is C=CCn1cnc2sc(C(=O)OC(C)C)c(C)c2c1=O. The summed E-state index contributed by atoms with van der Waals surface area (Å²) in [6, 6.07) is 0. The molecule has 0 saturated heterocycles. The first-order chi connectivity index (χ1) is 9.45. The van der Waals surface area contributed by atoms with E-state index in [1.165, 1.54) is 22.2 Å². The van der Waals surface area contributed by atoms with Gasteiger partial charge in [0, 0.05) is 6.54 Å². The zero-order valence-corrected chi connectivity index (χ0v) is 12.5. The number of carbonyl (C=O) groups is 1. The summed E-state index contributed by atoms with van der Waals surface area (Å²) in [6.07, 6.45) is 2.90. The minimum atomic E-state index is -0.407. The molecular formula is C14H16N2O3S. The Bertz CT molecular complexity index is 728. The smallest absolute Gasteiger partial charge is 0.348 e. The van der Waals surface area contributed by atoms with Crippen LogP contribution in [0.15, 0.2) is 23.8 Å². The maximum absolute atomic E-state index is 12.3. The van der Waals surface area contributed by atoms with E-state index in [1.807, 2.05) is 0 Å². The highest BCUT2D eigenvalue weighted by atomic mass is 32.1. The van der Waals surface area contributed by atoms with Crippen molar-refractivity contribution in [3.63, 3.8) is 0 Å². The fraction of sp³-hybridized carbons (Fsp3) is 0.357. The molecule has 0 aliphatic rings. The number of hydrogen-bond acceptors (Lipinski definition) is 5. The molecule has 2 rings (SSSR count). The Kier molecular flexibility index (Phi) is 4.04. The van der Waals surface area contributed by atoms with Crippen LogP contribution >= 0.6 is 11.3 Å². The lowest BCUT2D eigenvalue weighted by Crippen LogP contribution is -2.19. The van der Waals surface area contributed by atoms with Gasteiger partial charge < -0.3 is 4.74 Å². The predicted molar refractivity (Wildman–Crippen MR) is 79.4 cm³/mol. The van der Waals surface area contributed by atoms with Gasteiger partial charge in [0.1, 0.15) is 9.71 Å². The van der Waals surface area contributed by atoms with E-state index in [2.05, 4.69) is 11.6 Å². The van der Waals surface area contributed by atoms with Gasteiger partial charge in [0.25, 0.3) is 5.56 Å². The van der Waals surface area contributed by atoms with Crippen LogP contribution in [-0.4, -0.2) is 21.6 Å². The van der Waals surface area contributed by atoms with E-state index in [0.717, 1.165) is 0 Å². The first kappa shape index (κ1) is 14.5. The Morgan fingerprint density at radius 1 is 1.60 bits per heavy atom. The van der Waals surface area contributed by atoms with E-state index in [-0.39, 0.29) is 11.7 Å². The van der Waals surface area contributed by atoms with Crippen LogP contribution in [0.25, 0.3) is 10.2 Å². The molecule has 0 aromatic carbocycles. The number of aryl methyl sites for hydroxylation is 1. The molecule has 6 heteroatoms. The average molecular weight is 292 g/mol. The van der Waals surface area contributed by atoms with Gasteiger partial charge in [0.05, 0.1) is 17.8 Å². The molecule has 0 aliphatic carbocycles. The topological polar surface area (TPSA) is 61.2 Å². The second-order valence-corrected chi connectivity index (χ2v) is 5.68. The van der Waals surface area contributed by atoms with Crippen molar-refractivity contribution in [3.05, 3.63) is 39.8 Å². The third kappa shape index (κ3) is 2.51. The van der Waals surface area contributed by atoms with Gasteiger partial charge in [-0.1, -0.05) is 6.08 Å². The molecular weight excluding hydrogens is 276 g/mol. The van der Waals surface area contributed by atoms with Crippen LogP contribution in [0.5, 0.6) is 0 Å². The molecule has 0 N–H and O–H groups in total. The molecule has 0 spiro atoms. The van der Waals surface area contributed by atoms with Gasteiger partial charge in [-0.2, -0.15) is 0 Å². The molecule has 2 aromatic heterocycles. The van der Waals surface area contributed by atoms with Crippen LogP contribution in [-0.2, 0) is 11.3 Å². The van der Waals surface area contributed by atoms with Crippen LogP contribution in [0.1, 0.15) is 29.1 Å². The number of aromatic nitrogens is 2. The molecule has 0 fully saturated rings. The number of carbonyl (C=O) groups excluding carboxylic acids is 1. The Balaban J connectivity index is 2.59. The second kappa shape index (κ2) is 5.58. The standard InChI is InChI=1S/C14H16N2O3S/c1-5-6-16-7-15-12-10(13(16)17)9(4)11(20-12)14(18)19-8(2)3/h5,7-8H,1,6H2,2-4H3. The van der Waals surface area contributed by atoms with Crippen molar-refractivity contribution in [2.75, 3.05) is 0 Å². The third-order valence-electron chi connectivity index (χ3n) is 2.77. The molecule has 0 radical (unpaired) electrons. The van der Waals surface area contributed by atoms with E-state index < -0.39 is 5.97 Å². The summed E-state index contributed by atoms with van der Waals surface area (Å²) in [5.41, 5.74) is 0.471. The van der Waals surface area contributed by atoms with Gasteiger partial charge in [0.15, 0.2) is 0 Å². The summed E-state index contributed by atoms with van der Waals surface area (Å²) in [4.78, 5) is 29.6. The number of nitrogens with zero attached hydrogens (tertiary/aromatic N) is 2. The largest absolute Gasteiger partial charge is 0.459 e. The summed E-state index contributed by atoms with van der Waals surface area (Å²) in [5, 5.41) is 0.482. The number of esters is 1. The Morgan fingerprint density at radius 3 is 2.90 bits per heavy atom. The molecule has 0 unspecified atom stereocenters. The summed E-state index contributed by atoms with van der Waals surface area (Å²) < 4.78 is 6.65. The van der Waals surface area contributed by atoms with Crippen molar-refractivity contribution in [2.24, 2.45) is 0 Å². The van der Waals surface area contributed by atoms with E-state index in [9.17, 15) is 9.59 Å². The minimum Gasteiger partial charge on any atom is -0.459 e. The van der Waals surface area contributed by atoms with Gasteiger partial charge in [-0.15, -0.1) is 17.9 Å². The van der Waals surface area contributed by atoms with Crippen molar-refractivity contribution < 1.29 is 9.53 Å². The zero-order chi connectivity index (χ0) is 14.9. The summed E-state index contributed by atoms with van der Waals surface area (Å²) in [7, 11) is 0. The van der Waals surface area contributed by atoms with Crippen molar-refractivity contribution >= 4 is 27.5 Å². The van der Waals surface area contributed by atoms with Gasteiger partial charge in [0.2, 0.25) is 0 Å². The number of fused-ring (bicyclic) bond motifs is 1. The summed E-state index contributed by atoms with van der Waals surface area (Å²) in [5.74, 6) is -0.407. The molecule has 0 bridgehead atoms. The zero-order valence-electron chi connectivity index (χ0n) is 11.7. The van der Waals surface area contributed by atoms with E-state index in [4.69, 9.17) is 4.74 Å². The van der Waals surface area contributed by atoms with Crippen LogP contribution < -0.4 is 5.56 Å². The monoisotopic (exact) mass is 292 g/mol. The molecule has 5 nitrogen and oxygen atoms in total. The lowest BCUT2D eigenvalue weighted by Gasteiger charge is -2.06. The van der Waals surface area contributed by atoms with Gasteiger partial charge in [-0.3, -0.25) is 9.36 Å². The molecule has 2 heterocycles. The molecule has 20 heavy (non-hydrogen) atoms. The quantitative estimate of drug-likeness (QED) is 0.641.